The van der Waals surface area contributed by atoms with Gasteiger partial charge in [-0.05, 0) is 64.5 Å². The number of likely N-dealkylation sites (N-methyl/N-ethyl adjacent to an activating group) is 1. The van der Waals surface area contributed by atoms with E-state index in [-0.39, 0.29) is 24.0 Å². The monoisotopic (exact) mass is 506 g/mol. The maximum absolute atomic E-state index is 6.25. The first kappa shape index (κ1) is 24.2. The summed E-state index contributed by atoms with van der Waals surface area (Å²) in [5, 5.41) is 3.53. The van der Waals surface area contributed by atoms with E-state index >= 15 is 0 Å². The van der Waals surface area contributed by atoms with Crippen LogP contribution in [0.5, 0.6) is 0 Å². The predicted molar refractivity (Wildman–Crippen MR) is 129 cm³/mol. The molecule has 0 aromatic rings. The third kappa shape index (κ3) is 7.31. The molecule has 1 saturated carbocycles. The van der Waals surface area contributed by atoms with Crippen LogP contribution in [0.1, 0.15) is 71.6 Å². The van der Waals surface area contributed by atoms with E-state index in [1.807, 2.05) is 0 Å². The standard InChI is InChI=1S/C22H42N4O.HI/c1-3-23-22(24-17-20-11-7-8-14-25(20)4-2)26-15-12-21(13-16-26)27-18-19-9-5-6-10-19;/h19-21H,3-18H2,1-2H3,(H,23,24);1H. The number of hydrogen-bond donors (Lipinski definition) is 1. The van der Waals surface area contributed by atoms with Crippen molar-refractivity contribution in [1.29, 1.82) is 0 Å². The third-order valence-electron chi connectivity index (χ3n) is 6.73. The Labute approximate surface area is 190 Å². The van der Waals surface area contributed by atoms with Crippen LogP contribution in [0.25, 0.3) is 0 Å². The Kier molecular flexibility index (Phi) is 11.5. The molecule has 0 aromatic heterocycles. The van der Waals surface area contributed by atoms with Crippen molar-refractivity contribution in [2.24, 2.45) is 10.9 Å². The van der Waals surface area contributed by atoms with E-state index in [0.29, 0.717) is 12.1 Å². The normalized spacial score (nSPS) is 25.7. The lowest BCUT2D eigenvalue weighted by Crippen LogP contribution is -2.48. The topological polar surface area (TPSA) is 40.1 Å². The molecule has 164 valence electrons. The van der Waals surface area contributed by atoms with E-state index in [1.165, 1.54) is 51.5 Å². The summed E-state index contributed by atoms with van der Waals surface area (Å²) in [4.78, 5) is 10.1. The lowest BCUT2D eigenvalue weighted by Gasteiger charge is -2.36. The number of rotatable bonds is 7. The first-order valence-electron chi connectivity index (χ1n) is 11.7. The minimum Gasteiger partial charge on any atom is -0.378 e. The van der Waals surface area contributed by atoms with Crippen LogP contribution in [0, 0.1) is 5.92 Å². The Hall–Kier alpha value is -0.0800. The molecule has 3 aliphatic rings. The van der Waals surface area contributed by atoms with Crippen molar-refractivity contribution in [3.05, 3.63) is 0 Å². The molecular formula is C22H43IN4O. The molecule has 3 fully saturated rings. The van der Waals surface area contributed by atoms with Crippen LogP contribution in [0.3, 0.4) is 0 Å². The van der Waals surface area contributed by atoms with E-state index < -0.39 is 0 Å². The first-order chi connectivity index (χ1) is 13.3. The largest absolute Gasteiger partial charge is 0.378 e. The van der Waals surface area contributed by atoms with Crippen molar-refractivity contribution in [2.45, 2.75) is 83.8 Å². The number of nitrogens with zero attached hydrogens (tertiary/aromatic N) is 3. The van der Waals surface area contributed by atoms with Crippen LogP contribution < -0.4 is 5.32 Å². The second kappa shape index (κ2) is 13.3. The number of halogens is 1. The van der Waals surface area contributed by atoms with Gasteiger partial charge in [0.25, 0.3) is 0 Å². The fraction of sp³-hybridized carbons (Fsp3) is 0.955. The van der Waals surface area contributed by atoms with Gasteiger partial charge in [-0.1, -0.05) is 26.2 Å². The minimum absolute atomic E-state index is 0. The Bertz CT molecular complexity index is 448. The lowest BCUT2D eigenvalue weighted by molar-refractivity contribution is 0.000989. The van der Waals surface area contributed by atoms with Gasteiger partial charge in [-0.3, -0.25) is 9.89 Å². The average Bonchev–Trinajstić information content (AvgIpc) is 3.24. The van der Waals surface area contributed by atoms with E-state index in [1.54, 1.807) is 0 Å². The molecule has 28 heavy (non-hydrogen) atoms. The maximum atomic E-state index is 6.25. The van der Waals surface area contributed by atoms with Crippen molar-refractivity contribution in [3.63, 3.8) is 0 Å². The molecule has 0 spiro atoms. The van der Waals surface area contributed by atoms with Gasteiger partial charge in [-0.25, -0.2) is 0 Å². The van der Waals surface area contributed by atoms with Crippen molar-refractivity contribution in [2.75, 3.05) is 45.9 Å². The zero-order valence-corrected chi connectivity index (χ0v) is 20.5. The summed E-state index contributed by atoms with van der Waals surface area (Å²) in [5.74, 6) is 1.95. The summed E-state index contributed by atoms with van der Waals surface area (Å²) in [6.45, 7) is 11.9. The number of piperidine rings is 2. The number of ether oxygens (including phenoxy) is 1. The van der Waals surface area contributed by atoms with Gasteiger partial charge in [0, 0.05) is 32.3 Å². The zero-order chi connectivity index (χ0) is 18.9. The molecule has 2 aliphatic heterocycles. The molecule has 1 N–H and O–H groups in total. The summed E-state index contributed by atoms with van der Waals surface area (Å²) in [6, 6.07) is 0.629. The highest BCUT2D eigenvalue weighted by atomic mass is 127. The fourth-order valence-corrected chi connectivity index (χ4v) is 4.98. The van der Waals surface area contributed by atoms with Gasteiger partial charge in [0.2, 0.25) is 0 Å². The van der Waals surface area contributed by atoms with Crippen LogP contribution in [0.15, 0.2) is 4.99 Å². The first-order valence-corrected chi connectivity index (χ1v) is 11.7. The van der Waals surface area contributed by atoms with Crippen molar-refractivity contribution < 1.29 is 4.74 Å². The summed E-state index contributed by atoms with van der Waals surface area (Å²) in [7, 11) is 0. The SMILES string of the molecule is CCNC(=NCC1CCCCN1CC)N1CCC(OCC2CCCC2)CC1.I. The van der Waals surface area contributed by atoms with Crippen molar-refractivity contribution in [1.82, 2.24) is 15.1 Å². The van der Waals surface area contributed by atoms with Crippen LogP contribution in [0.4, 0.5) is 0 Å². The van der Waals surface area contributed by atoms with Gasteiger partial charge in [-0.15, -0.1) is 24.0 Å². The summed E-state index contributed by atoms with van der Waals surface area (Å²) in [5.41, 5.74) is 0. The molecule has 0 amide bonds. The number of hydrogen-bond acceptors (Lipinski definition) is 3. The lowest BCUT2D eigenvalue weighted by atomic mass is 10.0. The zero-order valence-electron chi connectivity index (χ0n) is 18.2. The molecule has 0 aromatic carbocycles. The molecule has 2 heterocycles. The van der Waals surface area contributed by atoms with E-state index in [9.17, 15) is 0 Å². The van der Waals surface area contributed by atoms with E-state index in [2.05, 4.69) is 29.0 Å². The molecule has 1 atom stereocenters. The molecule has 1 unspecified atom stereocenters. The Balaban J connectivity index is 0.00000280. The van der Waals surface area contributed by atoms with E-state index in [4.69, 9.17) is 9.73 Å². The van der Waals surface area contributed by atoms with Gasteiger partial charge in [-0.2, -0.15) is 0 Å². The van der Waals surface area contributed by atoms with Crippen molar-refractivity contribution >= 4 is 29.9 Å². The summed E-state index contributed by atoms with van der Waals surface area (Å²) < 4.78 is 6.25. The molecule has 2 saturated heterocycles. The smallest absolute Gasteiger partial charge is 0.193 e. The molecular weight excluding hydrogens is 463 g/mol. The van der Waals surface area contributed by atoms with E-state index in [0.717, 1.165) is 64.0 Å². The second-order valence-electron chi connectivity index (χ2n) is 8.64. The molecule has 5 nitrogen and oxygen atoms in total. The van der Waals surface area contributed by atoms with Gasteiger partial charge in [0.15, 0.2) is 5.96 Å². The maximum Gasteiger partial charge on any atom is 0.193 e. The number of nitrogens with one attached hydrogen (secondary N) is 1. The molecule has 3 rings (SSSR count). The number of guanidine groups is 1. The van der Waals surface area contributed by atoms with Gasteiger partial charge < -0.3 is 15.0 Å². The number of likely N-dealkylation sites (tertiary alicyclic amines) is 2. The highest BCUT2D eigenvalue weighted by Gasteiger charge is 2.25. The summed E-state index contributed by atoms with van der Waals surface area (Å²) in [6.07, 6.45) is 12.3. The summed E-state index contributed by atoms with van der Waals surface area (Å²) >= 11 is 0. The van der Waals surface area contributed by atoms with Crippen LogP contribution in [-0.4, -0.2) is 73.8 Å². The fourth-order valence-electron chi connectivity index (χ4n) is 4.98. The Morgan fingerprint density at radius 2 is 1.68 bits per heavy atom. The Morgan fingerprint density at radius 3 is 2.36 bits per heavy atom. The quantitative estimate of drug-likeness (QED) is 0.321. The van der Waals surface area contributed by atoms with Crippen LogP contribution in [-0.2, 0) is 4.74 Å². The average molecular weight is 507 g/mol. The van der Waals surface area contributed by atoms with Crippen molar-refractivity contribution in [3.8, 4) is 0 Å². The van der Waals surface area contributed by atoms with Crippen LogP contribution in [0.2, 0.25) is 0 Å². The second-order valence-corrected chi connectivity index (χ2v) is 8.64. The third-order valence-corrected chi connectivity index (χ3v) is 6.73. The molecule has 1 aliphatic carbocycles. The molecule has 6 heteroatoms. The van der Waals surface area contributed by atoms with Crippen LogP contribution >= 0.6 is 24.0 Å². The molecule has 0 bridgehead atoms. The Morgan fingerprint density at radius 1 is 0.964 bits per heavy atom. The number of aliphatic imine (C=N–C) groups is 1. The highest BCUT2D eigenvalue weighted by molar-refractivity contribution is 14.0. The van der Waals surface area contributed by atoms with Gasteiger partial charge in [0.05, 0.1) is 12.6 Å². The minimum atomic E-state index is 0. The highest BCUT2D eigenvalue weighted by Crippen LogP contribution is 2.26. The molecule has 0 radical (unpaired) electrons. The van der Waals surface area contributed by atoms with Gasteiger partial charge in [0.1, 0.15) is 0 Å². The van der Waals surface area contributed by atoms with Gasteiger partial charge >= 0.3 is 0 Å². The predicted octanol–water partition coefficient (Wildman–Crippen LogP) is 4.12.